The van der Waals surface area contributed by atoms with Crippen LogP contribution in [0, 0.1) is 0 Å². The molecule has 0 aromatic carbocycles. The van der Waals surface area contributed by atoms with Gasteiger partial charge >= 0.3 is 0 Å². The molecule has 0 atom stereocenters. The van der Waals surface area contributed by atoms with Crippen LogP contribution in [0.3, 0.4) is 0 Å². The minimum Gasteiger partial charge on any atom is -0.311 e. The van der Waals surface area contributed by atoms with Gasteiger partial charge in [-0.05, 0) is 6.42 Å². The molecule has 2 aromatic rings. The first-order valence-corrected chi connectivity index (χ1v) is 4.10. The topological polar surface area (TPSA) is 76.5 Å². The van der Waals surface area contributed by atoms with Gasteiger partial charge < -0.3 is 4.98 Å². The van der Waals surface area contributed by atoms with Crippen molar-refractivity contribution < 1.29 is 0 Å². The molecule has 2 rings (SSSR count). The Morgan fingerprint density at radius 2 is 2.46 bits per heavy atom. The Bertz CT molecular complexity index is 471. The van der Waals surface area contributed by atoms with E-state index >= 15 is 0 Å². The van der Waals surface area contributed by atoms with Crippen molar-refractivity contribution in [1.29, 1.82) is 0 Å². The zero-order valence-electron chi connectivity index (χ0n) is 7.19. The standard InChI is InChI=1S/C7H9N5O/c1-2-3-12-6-5(10-11-12)7(13)9-4-8-6/h4H,2-3H2,1H3,(H,8,9,13). The molecule has 1 N–H and O–H groups in total. The molecule has 0 aliphatic carbocycles. The van der Waals surface area contributed by atoms with Crippen LogP contribution in [0.5, 0.6) is 0 Å². The van der Waals surface area contributed by atoms with E-state index < -0.39 is 0 Å². The van der Waals surface area contributed by atoms with Crippen molar-refractivity contribution >= 4 is 11.2 Å². The van der Waals surface area contributed by atoms with E-state index in [2.05, 4.69) is 20.3 Å². The van der Waals surface area contributed by atoms with Gasteiger partial charge in [0.1, 0.15) is 0 Å². The second-order valence-corrected chi connectivity index (χ2v) is 2.72. The highest BCUT2D eigenvalue weighted by Gasteiger charge is 2.06. The van der Waals surface area contributed by atoms with Gasteiger partial charge in [-0.3, -0.25) is 4.79 Å². The molecule has 2 aromatic heterocycles. The number of fused-ring (bicyclic) bond motifs is 1. The monoisotopic (exact) mass is 179 g/mol. The second kappa shape index (κ2) is 2.96. The second-order valence-electron chi connectivity index (χ2n) is 2.72. The third kappa shape index (κ3) is 1.20. The van der Waals surface area contributed by atoms with Crippen molar-refractivity contribution in [3.05, 3.63) is 16.7 Å². The van der Waals surface area contributed by atoms with Crippen LogP contribution in [0.4, 0.5) is 0 Å². The first kappa shape index (κ1) is 7.90. The minimum absolute atomic E-state index is 0.243. The van der Waals surface area contributed by atoms with E-state index in [9.17, 15) is 4.79 Å². The number of rotatable bonds is 2. The first-order chi connectivity index (χ1) is 6.33. The van der Waals surface area contributed by atoms with Crippen LogP contribution in [0.2, 0.25) is 0 Å². The molecule has 0 unspecified atom stereocenters. The quantitative estimate of drug-likeness (QED) is 0.699. The van der Waals surface area contributed by atoms with Gasteiger partial charge in [-0.25, -0.2) is 9.67 Å². The van der Waals surface area contributed by atoms with Crippen molar-refractivity contribution in [2.45, 2.75) is 19.9 Å². The summed E-state index contributed by atoms with van der Waals surface area (Å²) in [5, 5.41) is 7.57. The molecule has 0 radical (unpaired) electrons. The van der Waals surface area contributed by atoms with Gasteiger partial charge in [0.15, 0.2) is 11.2 Å². The van der Waals surface area contributed by atoms with Crippen LogP contribution in [-0.2, 0) is 6.54 Å². The van der Waals surface area contributed by atoms with Crippen molar-refractivity contribution in [2.75, 3.05) is 0 Å². The SMILES string of the molecule is CCCn1nnc2c(=O)[nH]cnc21. The van der Waals surface area contributed by atoms with E-state index in [0.29, 0.717) is 11.2 Å². The third-order valence-corrected chi connectivity index (χ3v) is 1.74. The van der Waals surface area contributed by atoms with Gasteiger partial charge in [-0.2, -0.15) is 0 Å². The normalized spacial score (nSPS) is 10.8. The van der Waals surface area contributed by atoms with Crippen molar-refractivity contribution in [1.82, 2.24) is 25.0 Å². The lowest BCUT2D eigenvalue weighted by Crippen LogP contribution is -2.07. The Balaban J connectivity index is 2.68. The molecular weight excluding hydrogens is 170 g/mol. The molecule has 0 fully saturated rings. The smallest absolute Gasteiger partial charge is 0.280 e. The maximum atomic E-state index is 11.2. The first-order valence-electron chi connectivity index (χ1n) is 4.10. The van der Waals surface area contributed by atoms with Gasteiger partial charge in [0.05, 0.1) is 6.33 Å². The van der Waals surface area contributed by atoms with E-state index in [1.54, 1.807) is 4.68 Å². The maximum Gasteiger partial charge on any atom is 0.280 e. The summed E-state index contributed by atoms with van der Waals surface area (Å²) in [4.78, 5) is 17.6. The molecule has 0 aliphatic heterocycles. The number of hydrogen-bond acceptors (Lipinski definition) is 4. The third-order valence-electron chi connectivity index (χ3n) is 1.74. The molecular formula is C7H9N5O. The van der Waals surface area contributed by atoms with Crippen LogP contribution in [-0.4, -0.2) is 25.0 Å². The molecule has 0 bridgehead atoms. The average Bonchev–Trinajstić information content (AvgIpc) is 2.51. The summed E-state index contributed by atoms with van der Waals surface area (Å²) in [5.41, 5.74) is 0.605. The van der Waals surface area contributed by atoms with E-state index in [4.69, 9.17) is 0 Å². The summed E-state index contributed by atoms with van der Waals surface area (Å²) in [6.45, 7) is 2.76. The van der Waals surface area contributed by atoms with Crippen LogP contribution in [0.1, 0.15) is 13.3 Å². The van der Waals surface area contributed by atoms with Crippen molar-refractivity contribution in [2.24, 2.45) is 0 Å². The fourth-order valence-electron chi connectivity index (χ4n) is 1.17. The fraction of sp³-hybridized carbons (Fsp3) is 0.429. The summed E-state index contributed by atoms with van der Waals surface area (Å²) in [6.07, 6.45) is 2.30. The molecule has 0 aliphatic rings. The predicted octanol–water partition coefficient (Wildman–Crippen LogP) is -0.0754. The molecule has 0 amide bonds. The Morgan fingerprint density at radius 3 is 3.23 bits per heavy atom. The highest BCUT2D eigenvalue weighted by molar-refractivity contribution is 5.67. The van der Waals surface area contributed by atoms with Gasteiger partial charge in [-0.1, -0.05) is 12.1 Å². The lowest BCUT2D eigenvalue weighted by Gasteiger charge is -1.95. The minimum atomic E-state index is -0.243. The molecule has 0 spiro atoms. The number of hydrogen-bond donors (Lipinski definition) is 1. The summed E-state index contributed by atoms with van der Waals surface area (Å²) in [6, 6.07) is 0. The summed E-state index contributed by atoms with van der Waals surface area (Å²) < 4.78 is 1.63. The average molecular weight is 179 g/mol. The number of nitrogens with one attached hydrogen (secondary N) is 1. The van der Waals surface area contributed by atoms with Gasteiger partial charge in [0, 0.05) is 6.54 Å². The molecule has 13 heavy (non-hydrogen) atoms. The number of aromatic nitrogens is 5. The zero-order valence-corrected chi connectivity index (χ0v) is 7.19. The maximum absolute atomic E-state index is 11.2. The van der Waals surface area contributed by atoms with Gasteiger partial charge in [-0.15, -0.1) is 5.10 Å². The number of aryl methyl sites for hydroxylation is 1. The molecule has 68 valence electrons. The fourth-order valence-corrected chi connectivity index (χ4v) is 1.17. The lowest BCUT2D eigenvalue weighted by molar-refractivity contribution is 0.591. The van der Waals surface area contributed by atoms with Crippen molar-refractivity contribution in [3.63, 3.8) is 0 Å². The summed E-state index contributed by atoms with van der Waals surface area (Å²) >= 11 is 0. The number of H-pyrrole nitrogens is 1. The van der Waals surface area contributed by atoms with Crippen LogP contribution in [0.25, 0.3) is 11.2 Å². The van der Waals surface area contributed by atoms with Gasteiger partial charge in [0.2, 0.25) is 0 Å². The Hall–Kier alpha value is -1.72. The molecule has 0 saturated carbocycles. The van der Waals surface area contributed by atoms with E-state index in [1.807, 2.05) is 6.92 Å². The summed E-state index contributed by atoms with van der Waals surface area (Å²) in [5.74, 6) is 0. The van der Waals surface area contributed by atoms with Crippen LogP contribution in [0.15, 0.2) is 11.1 Å². The Kier molecular flexibility index (Phi) is 1.80. The van der Waals surface area contributed by atoms with E-state index in [0.717, 1.165) is 13.0 Å². The van der Waals surface area contributed by atoms with Crippen LogP contribution >= 0.6 is 0 Å². The van der Waals surface area contributed by atoms with Crippen LogP contribution < -0.4 is 5.56 Å². The zero-order chi connectivity index (χ0) is 9.26. The Labute approximate surface area is 73.6 Å². The van der Waals surface area contributed by atoms with E-state index in [-0.39, 0.29) is 5.56 Å². The Morgan fingerprint density at radius 1 is 1.62 bits per heavy atom. The molecule has 2 heterocycles. The highest BCUT2D eigenvalue weighted by atomic mass is 16.1. The molecule has 6 nitrogen and oxygen atoms in total. The predicted molar refractivity (Wildman–Crippen MR) is 46.2 cm³/mol. The number of aromatic amines is 1. The van der Waals surface area contributed by atoms with Crippen molar-refractivity contribution in [3.8, 4) is 0 Å². The molecule has 0 saturated heterocycles. The summed E-state index contributed by atoms with van der Waals surface area (Å²) in [7, 11) is 0. The largest absolute Gasteiger partial charge is 0.311 e. The van der Waals surface area contributed by atoms with Gasteiger partial charge in [0.25, 0.3) is 5.56 Å². The number of nitrogens with zero attached hydrogens (tertiary/aromatic N) is 4. The highest BCUT2D eigenvalue weighted by Crippen LogP contribution is 2.00. The van der Waals surface area contributed by atoms with E-state index in [1.165, 1.54) is 6.33 Å². The lowest BCUT2D eigenvalue weighted by atomic mass is 10.5. The molecule has 6 heteroatoms.